The van der Waals surface area contributed by atoms with Gasteiger partial charge in [-0.25, -0.2) is 0 Å². The average Bonchev–Trinajstić information content (AvgIpc) is 2.25. The predicted octanol–water partition coefficient (Wildman–Crippen LogP) is 1.89. The van der Waals surface area contributed by atoms with Crippen LogP contribution in [0.2, 0.25) is 0 Å². The molecule has 0 bridgehead atoms. The van der Waals surface area contributed by atoms with Crippen LogP contribution in [0.4, 0.5) is 5.69 Å². The molecule has 0 aliphatic heterocycles. The molecule has 17 heavy (non-hydrogen) atoms. The van der Waals surface area contributed by atoms with Crippen LogP contribution >= 0.6 is 0 Å². The van der Waals surface area contributed by atoms with Gasteiger partial charge in [0.1, 0.15) is 0 Å². The van der Waals surface area contributed by atoms with Crippen molar-refractivity contribution in [2.75, 3.05) is 12.3 Å². The number of rotatable bonds is 4. The Hall–Kier alpha value is -1.58. The fourth-order valence-corrected chi connectivity index (χ4v) is 2.05. The van der Waals surface area contributed by atoms with Gasteiger partial charge in [-0.15, -0.1) is 0 Å². The van der Waals surface area contributed by atoms with E-state index >= 15 is 0 Å². The zero-order chi connectivity index (χ0) is 12.3. The highest BCUT2D eigenvalue weighted by Crippen LogP contribution is 2.28. The van der Waals surface area contributed by atoms with E-state index < -0.39 is 0 Å². The molecule has 3 N–H and O–H groups in total. The molecule has 1 amide bonds. The SMILES string of the molecule is Cc1ncc(N)cc1C(=O)NCCC1CCC1. The van der Waals surface area contributed by atoms with Crippen LogP contribution in [0.3, 0.4) is 0 Å². The van der Waals surface area contributed by atoms with Gasteiger partial charge in [0.05, 0.1) is 23.1 Å². The maximum absolute atomic E-state index is 11.9. The number of aromatic nitrogens is 1. The number of anilines is 1. The lowest BCUT2D eigenvalue weighted by atomic mass is 9.83. The molecule has 0 atom stereocenters. The number of hydrogen-bond acceptors (Lipinski definition) is 3. The topological polar surface area (TPSA) is 68.0 Å². The van der Waals surface area contributed by atoms with Crippen molar-refractivity contribution in [3.05, 3.63) is 23.5 Å². The molecule has 4 nitrogen and oxygen atoms in total. The summed E-state index contributed by atoms with van der Waals surface area (Å²) < 4.78 is 0. The molecule has 4 heteroatoms. The first kappa shape index (κ1) is 11.9. The van der Waals surface area contributed by atoms with Gasteiger partial charge in [0.25, 0.3) is 5.91 Å². The van der Waals surface area contributed by atoms with Crippen molar-refractivity contribution in [1.29, 1.82) is 0 Å². The van der Waals surface area contributed by atoms with Crippen LogP contribution in [0.1, 0.15) is 41.7 Å². The first-order valence-corrected chi connectivity index (χ1v) is 6.17. The van der Waals surface area contributed by atoms with Crippen molar-refractivity contribution in [3.8, 4) is 0 Å². The smallest absolute Gasteiger partial charge is 0.253 e. The predicted molar refractivity (Wildman–Crippen MR) is 67.7 cm³/mol. The lowest BCUT2D eigenvalue weighted by Crippen LogP contribution is -2.28. The summed E-state index contributed by atoms with van der Waals surface area (Å²) in [5, 5.41) is 2.93. The molecule has 1 aromatic rings. The van der Waals surface area contributed by atoms with Gasteiger partial charge in [-0.1, -0.05) is 19.3 Å². The van der Waals surface area contributed by atoms with E-state index in [0.29, 0.717) is 11.3 Å². The number of nitrogen functional groups attached to an aromatic ring is 1. The maximum atomic E-state index is 11.9. The Labute approximate surface area is 102 Å². The largest absolute Gasteiger partial charge is 0.397 e. The number of amides is 1. The summed E-state index contributed by atoms with van der Waals surface area (Å²) in [6, 6.07) is 1.68. The molecule has 1 aromatic heterocycles. The van der Waals surface area contributed by atoms with E-state index in [1.165, 1.54) is 19.3 Å². The lowest BCUT2D eigenvalue weighted by Gasteiger charge is -2.25. The molecule has 1 saturated carbocycles. The van der Waals surface area contributed by atoms with Crippen molar-refractivity contribution < 1.29 is 4.79 Å². The monoisotopic (exact) mass is 233 g/mol. The van der Waals surface area contributed by atoms with Crippen LogP contribution in [0.25, 0.3) is 0 Å². The Morgan fingerprint density at radius 3 is 3.00 bits per heavy atom. The minimum absolute atomic E-state index is 0.0679. The normalized spacial score (nSPS) is 15.4. The molecule has 0 unspecified atom stereocenters. The Balaban J connectivity index is 1.87. The summed E-state index contributed by atoms with van der Waals surface area (Å²) in [7, 11) is 0. The fraction of sp³-hybridized carbons (Fsp3) is 0.538. The van der Waals surface area contributed by atoms with Gasteiger partial charge in [-0.05, 0) is 25.3 Å². The number of pyridine rings is 1. The summed E-state index contributed by atoms with van der Waals surface area (Å²) in [6.45, 7) is 2.57. The number of nitrogens with two attached hydrogens (primary N) is 1. The Bertz CT molecular complexity index is 413. The van der Waals surface area contributed by atoms with Crippen molar-refractivity contribution in [3.63, 3.8) is 0 Å². The van der Waals surface area contributed by atoms with Crippen molar-refractivity contribution in [2.24, 2.45) is 5.92 Å². The number of carbonyl (C=O) groups excluding carboxylic acids is 1. The molecule has 1 aliphatic carbocycles. The third kappa shape index (κ3) is 2.96. The summed E-state index contributed by atoms with van der Waals surface area (Å²) in [4.78, 5) is 16.0. The van der Waals surface area contributed by atoms with Crippen LogP contribution < -0.4 is 11.1 Å². The van der Waals surface area contributed by atoms with E-state index in [0.717, 1.165) is 24.6 Å². The summed E-state index contributed by atoms with van der Waals surface area (Å²) >= 11 is 0. The number of carbonyl (C=O) groups is 1. The zero-order valence-corrected chi connectivity index (χ0v) is 10.2. The highest BCUT2D eigenvalue weighted by atomic mass is 16.1. The average molecular weight is 233 g/mol. The summed E-state index contributed by atoms with van der Waals surface area (Å²) in [5.74, 6) is 0.747. The molecule has 0 aromatic carbocycles. The third-order valence-electron chi connectivity index (χ3n) is 3.42. The van der Waals surface area contributed by atoms with Crippen molar-refractivity contribution in [2.45, 2.75) is 32.6 Å². The second kappa shape index (κ2) is 5.17. The Morgan fingerprint density at radius 1 is 1.59 bits per heavy atom. The second-order valence-corrected chi connectivity index (χ2v) is 4.74. The van der Waals surface area contributed by atoms with Gasteiger partial charge in [0, 0.05) is 6.54 Å². The van der Waals surface area contributed by atoms with Crippen LogP contribution in [0.5, 0.6) is 0 Å². The summed E-state index contributed by atoms with van der Waals surface area (Å²) in [5.41, 5.74) is 7.46. The van der Waals surface area contributed by atoms with Gasteiger partial charge >= 0.3 is 0 Å². The molecule has 0 spiro atoms. The first-order valence-electron chi connectivity index (χ1n) is 6.17. The van der Waals surface area contributed by atoms with Crippen LogP contribution in [-0.2, 0) is 0 Å². The molecular formula is C13H19N3O. The van der Waals surface area contributed by atoms with E-state index in [4.69, 9.17) is 5.73 Å². The summed E-state index contributed by atoms with van der Waals surface area (Å²) in [6.07, 6.45) is 6.63. The molecular weight excluding hydrogens is 214 g/mol. The van der Waals surface area contributed by atoms with Crippen molar-refractivity contribution >= 4 is 11.6 Å². The minimum atomic E-state index is -0.0679. The van der Waals surface area contributed by atoms with Gasteiger partial charge < -0.3 is 11.1 Å². The highest BCUT2D eigenvalue weighted by molar-refractivity contribution is 5.95. The van der Waals surface area contributed by atoms with E-state index in [2.05, 4.69) is 10.3 Å². The van der Waals surface area contributed by atoms with Gasteiger partial charge in [-0.2, -0.15) is 0 Å². The number of nitrogens with zero attached hydrogens (tertiary/aromatic N) is 1. The molecule has 1 aliphatic rings. The van der Waals surface area contributed by atoms with Crippen LogP contribution in [0, 0.1) is 12.8 Å². The number of nitrogens with one attached hydrogen (secondary N) is 1. The van der Waals surface area contributed by atoms with Crippen molar-refractivity contribution in [1.82, 2.24) is 10.3 Å². The maximum Gasteiger partial charge on any atom is 0.253 e. The standard InChI is InChI=1S/C13H19N3O/c1-9-12(7-11(14)8-16-9)13(17)15-6-5-10-3-2-4-10/h7-8,10H,2-6,14H2,1H3,(H,15,17). The van der Waals surface area contributed by atoms with Gasteiger partial charge in [0.2, 0.25) is 0 Å². The van der Waals surface area contributed by atoms with Crippen LogP contribution in [-0.4, -0.2) is 17.4 Å². The molecule has 0 radical (unpaired) electrons. The highest BCUT2D eigenvalue weighted by Gasteiger charge is 2.17. The minimum Gasteiger partial charge on any atom is -0.397 e. The first-order chi connectivity index (χ1) is 8.16. The molecule has 1 fully saturated rings. The van der Waals surface area contributed by atoms with E-state index in [9.17, 15) is 4.79 Å². The number of aryl methyl sites for hydroxylation is 1. The Kier molecular flexibility index (Phi) is 3.61. The quantitative estimate of drug-likeness (QED) is 0.834. The fourth-order valence-electron chi connectivity index (χ4n) is 2.05. The van der Waals surface area contributed by atoms with Gasteiger partial charge in [-0.3, -0.25) is 9.78 Å². The number of hydrogen-bond donors (Lipinski definition) is 2. The lowest BCUT2D eigenvalue weighted by molar-refractivity contribution is 0.0948. The van der Waals surface area contributed by atoms with E-state index in [1.54, 1.807) is 12.3 Å². The Morgan fingerprint density at radius 2 is 2.35 bits per heavy atom. The molecule has 0 saturated heterocycles. The molecule has 92 valence electrons. The van der Waals surface area contributed by atoms with E-state index in [1.807, 2.05) is 6.92 Å². The molecule has 1 heterocycles. The van der Waals surface area contributed by atoms with Crippen LogP contribution in [0.15, 0.2) is 12.3 Å². The van der Waals surface area contributed by atoms with Gasteiger partial charge in [0.15, 0.2) is 0 Å². The second-order valence-electron chi connectivity index (χ2n) is 4.74. The third-order valence-corrected chi connectivity index (χ3v) is 3.42. The zero-order valence-electron chi connectivity index (χ0n) is 10.2. The van der Waals surface area contributed by atoms with E-state index in [-0.39, 0.29) is 5.91 Å². The molecule has 2 rings (SSSR count).